The number of aromatic nitrogens is 1. The van der Waals surface area contributed by atoms with Gasteiger partial charge in [-0.1, -0.05) is 47.4 Å². The SMILES string of the molecule is O=C(Cn1c2c(sc1=O)[C@@H](c1cccs1)C1C(=O)NC(=O)C1S2)Nc1ccccc1. The molecule has 152 valence electrons. The van der Waals surface area contributed by atoms with Crippen molar-refractivity contribution in [1.82, 2.24) is 9.88 Å². The normalized spacial score (nSPS) is 22.3. The smallest absolute Gasteiger partial charge is 0.308 e. The molecule has 1 aromatic carbocycles. The third-order valence-corrected chi connectivity index (χ3v) is 8.67. The molecule has 2 aliphatic heterocycles. The standard InChI is InChI=1S/C20H15N3O4S3/c24-12(21-10-5-2-1-3-6-10)9-23-19-16(30-20(23)27)13(11-7-4-8-28-11)14-15(29-19)18(26)22-17(14)25/h1-8,13-15H,9H2,(H,21,24)(H,22,25,26)/t13-,14?,15?/m0/s1. The van der Waals surface area contributed by atoms with E-state index in [2.05, 4.69) is 10.6 Å². The number of thiazole rings is 1. The zero-order chi connectivity index (χ0) is 20.8. The van der Waals surface area contributed by atoms with Gasteiger partial charge in [0.1, 0.15) is 11.8 Å². The van der Waals surface area contributed by atoms with Gasteiger partial charge in [0.2, 0.25) is 17.7 Å². The van der Waals surface area contributed by atoms with E-state index in [1.54, 1.807) is 12.1 Å². The number of carbonyl (C=O) groups excluding carboxylic acids is 3. The summed E-state index contributed by atoms with van der Waals surface area (Å²) in [6.07, 6.45) is 0. The van der Waals surface area contributed by atoms with Gasteiger partial charge in [-0.2, -0.15) is 0 Å². The monoisotopic (exact) mass is 457 g/mol. The van der Waals surface area contributed by atoms with E-state index in [0.29, 0.717) is 10.7 Å². The maximum absolute atomic E-state index is 12.8. The van der Waals surface area contributed by atoms with E-state index in [1.807, 2.05) is 35.7 Å². The number of para-hydroxylation sites is 1. The van der Waals surface area contributed by atoms with Crippen LogP contribution in [0.1, 0.15) is 15.7 Å². The molecule has 1 saturated heterocycles. The second kappa shape index (κ2) is 7.53. The molecule has 3 amide bonds. The summed E-state index contributed by atoms with van der Waals surface area (Å²) >= 11 is 3.74. The van der Waals surface area contributed by atoms with Crippen molar-refractivity contribution in [3.8, 4) is 0 Å². The first-order valence-corrected chi connectivity index (χ1v) is 11.7. The number of benzene rings is 1. The highest BCUT2D eigenvalue weighted by atomic mass is 32.2. The average Bonchev–Trinajstić information content (AvgIpc) is 3.42. The molecule has 3 atom stereocenters. The van der Waals surface area contributed by atoms with Crippen LogP contribution in [0.15, 0.2) is 57.7 Å². The molecule has 7 nitrogen and oxygen atoms in total. The molecule has 0 spiro atoms. The van der Waals surface area contributed by atoms with Crippen LogP contribution >= 0.6 is 34.4 Å². The number of hydrogen-bond acceptors (Lipinski definition) is 7. The maximum Gasteiger partial charge on any atom is 0.308 e. The summed E-state index contributed by atoms with van der Waals surface area (Å²) in [6.45, 7) is -0.156. The fourth-order valence-corrected chi connectivity index (χ4v) is 7.50. The summed E-state index contributed by atoms with van der Waals surface area (Å²) in [7, 11) is 0. The first-order chi connectivity index (χ1) is 14.5. The Kier molecular flexibility index (Phi) is 4.84. The number of nitrogens with zero attached hydrogens (tertiary/aromatic N) is 1. The van der Waals surface area contributed by atoms with Crippen LogP contribution in [0.5, 0.6) is 0 Å². The number of amides is 3. The molecular weight excluding hydrogens is 442 g/mol. The fourth-order valence-electron chi connectivity index (χ4n) is 3.82. The minimum absolute atomic E-state index is 0.156. The zero-order valence-corrected chi connectivity index (χ0v) is 17.8. The summed E-state index contributed by atoms with van der Waals surface area (Å²) in [5.74, 6) is -1.91. The summed E-state index contributed by atoms with van der Waals surface area (Å²) in [6, 6.07) is 12.8. The van der Waals surface area contributed by atoms with E-state index in [0.717, 1.165) is 21.1 Å². The van der Waals surface area contributed by atoms with Crippen molar-refractivity contribution in [2.75, 3.05) is 5.32 Å². The molecule has 0 radical (unpaired) electrons. The van der Waals surface area contributed by atoms with Crippen LogP contribution in [-0.4, -0.2) is 27.5 Å². The Morgan fingerprint density at radius 2 is 1.87 bits per heavy atom. The zero-order valence-electron chi connectivity index (χ0n) is 15.4. The largest absolute Gasteiger partial charge is 0.325 e. The number of rotatable bonds is 4. The number of thiophene rings is 1. The number of hydrogen-bond donors (Lipinski definition) is 2. The maximum atomic E-state index is 12.8. The quantitative estimate of drug-likeness (QED) is 0.587. The fraction of sp³-hybridized carbons (Fsp3) is 0.200. The predicted molar refractivity (Wildman–Crippen MR) is 116 cm³/mol. The van der Waals surface area contributed by atoms with Crippen LogP contribution in [0.25, 0.3) is 0 Å². The van der Waals surface area contributed by atoms with Gasteiger partial charge >= 0.3 is 4.87 Å². The van der Waals surface area contributed by atoms with Crippen LogP contribution < -0.4 is 15.5 Å². The Balaban J connectivity index is 1.53. The van der Waals surface area contributed by atoms with Crippen molar-refractivity contribution >= 4 is 57.8 Å². The lowest BCUT2D eigenvalue weighted by molar-refractivity contribution is -0.126. The third-order valence-electron chi connectivity index (χ3n) is 5.10. The molecule has 2 unspecified atom stereocenters. The molecule has 3 aromatic rings. The molecule has 1 fully saturated rings. The number of imide groups is 1. The Hall–Kier alpha value is -2.69. The lowest BCUT2D eigenvalue weighted by Crippen LogP contribution is -2.32. The highest BCUT2D eigenvalue weighted by Gasteiger charge is 2.53. The molecule has 5 rings (SSSR count). The van der Waals surface area contributed by atoms with Crippen molar-refractivity contribution < 1.29 is 14.4 Å². The topological polar surface area (TPSA) is 97.3 Å². The van der Waals surface area contributed by atoms with Gasteiger partial charge in [0, 0.05) is 21.4 Å². The molecule has 2 aromatic heterocycles. The van der Waals surface area contributed by atoms with E-state index >= 15 is 0 Å². The Morgan fingerprint density at radius 1 is 1.07 bits per heavy atom. The van der Waals surface area contributed by atoms with Crippen molar-refractivity contribution in [3.63, 3.8) is 0 Å². The van der Waals surface area contributed by atoms with Gasteiger partial charge in [0.15, 0.2) is 0 Å². The highest BCUT2D eigenvalue weighted by molar-refractivity contribution is 8.00. The first kappa shape index (κ1) is 19.3. The summed E-state index contributed by atoms with van der Waals surface area (Å²) in [5.41, 5.74) is 0.643. The van der Waals surface area contributed by atoms with Crippen molar-refractivity contribution in [3.05, 3.63) is 67.3 Å². The Bertz CT molecular complexity index is 1200. The second-order valence-electron chi connectivity index (χ2n) is 6.95. The van der Waals surface area contributed by atoms with E-state index in [4.69, 9.17) is 0 Å². The van der Waals surface area contributed by atoms with E-state index in [1.165, 1.54) is 27.7 Å². The minimum atomic E-state index is -0.616. The van der Waals surface area contributed by atoms with Crippen molar-refractivity contribution in [2.45, 2.75) is 22.7 Å². The van der Waals surface area contributed by atoms with Gasteiger partial charge in [-0.25, -0.2) is 0 Å². The predicted octanol–water partition coefficient (Wildman–Crippen LogP) is 2.49. The molecule has 10 heteroatoms. The summed E-state index contributed by atoms with van der Waals surface area (Å²) in [5, 5.41) is 7.10. The molecule has 0 aliphatic carbocycles. The average molecular weight is 458 g/mol. The first-order valence-electron chi connectivity index (χ1n) is 9.16. The van der Waals surface area contributed by atoms with Gasteiger partial charge in [0.25, 0.3) is 0 Å². The van der Waals surface area contributed by atoms with Crippen LogP contribution in [0.4, 0.5) is 5.69 Å². The number of carbonyl (C=O) groups is 3. The van der Waals surface area contributed by atoms with Crippen molar-refractivity contribution in [2.24, 2.45) is 5.92 Å². The number of anilines is 1. The summed E-state index contributed by atoms with van der Waals surface area (Å²) in [4.78, 5) is 51.7. The number of fused-ring (bicyclic) bond motifs is 2. The second-order valence-corrected chi connectivity index (χ2v) is 10.1. The van der Waals surface area contributed by atoms with Crippen molar-refractivity contribution in [1.29, 1.82) is 0 Å². The van der Waals surface area contributed by atoms with Gasteiger partial charge in [-0.3, -0.25) is 29.1 Å². The van der Waals surface area contributed by atoms with Crippen LogP contribution in [0, 0.1) is 5.92 Å². The molecule has 0 saturated carbocycles. The number of thioether (sulfide) groups is 1. The van der Waals surface area contributed by atoms with Gasteiger partial charge in [0.05, 0.1) is 10.9 Å². The van der Waals surface area contributed by atoms with E-state index in [9.17, 15) is 19.2 Å². The molecule has 2 N–H and O–H groups in total. The minimum Gasteiger partial charge on any atom is -0.325 e. The molecule has 0 bridgehead atoms. The lowest BCUT2D eigenvalue weighted by atomic mass is 9.87. The Morgan fingerprint density at radius 3 is 2.60 bits per heavy atom. The van der Waals surface area contributed by atoms with E-state index < -0.39 is 11.2 Å². The van der Waals surface area contributed by atoms with Gasteiger partial charge < -0.3 is 5.32 Å². The molecule has 30 heavy (non-hydrogen) atoms. The highest BCUT2D eigenvalue weighted by Crippen LogP contribution is 2.52. The van der Waals surface area contributed by atoms with Crippen LogP contribution in [-0.2, 0) is 20.9 Å². The van der Waals surface area contributed by atoms with E-state index in [-0.39, 0.29) is 35.1 Å². The van der Waals surface area contributed by atoms with Gasteiger partial charge in [-0.05, 0) is 23.6 Å². The van der Waals surface area contributed by atoms with Crippen LogP contribution in [0.2, 0.25) is 0 Å². The molecular formula is C20H15N3O4S3. The van der Waals surface area contributed by atoms with Gasteiger partial charge in [-0.15, -0.1) is 11.3 Å². The molecule has 2 aliphatic rings. The summed E-state index contributed by atoms with van der Waals surface area (Å²) < 4.78 is 1.41. The lowest BCUT2D eigenvalue weighted by Gasteiger charge is -2.29. The van der Waals surface area contributed by atoms with Crippen LogP contribution in [0.3, 0.4) is 0 Å². The third kappa shape index (κ3) is 3.21. The number of nitrogens with one attached hydrogen (secondary N) is 2. The Labute approximate surface area is 183 Å². The molecule has 4 heterocycles.